The summed E-state index contributed by atoms with van der Waals surface area (Å²) in [5.41, 5.74) is 5.15. The van der Waals surface area contributed by atoms with Crippen molar-refractivity contribution in [3.05, 3.63) is 89.0 Å². The van der Waals surface area contributed by atoms with Crippen molar-refractivity contribution in [1.29, 1.82) is 0 Å². The fourth-order valence-corrected chi connectivity index (χ4v) is 4.96. The van der Waals surface area contributed by atoms with Crippen molar-refractivity contribution in [2.24, 2.45) is 0 Å². The van der Waals surface area contributed by atoms with E-state index in [2.05, 4.69) is 39.0 Å². The minimum Gasteiger partial charge on any atom is -0.365 e. The first-order valence-electron chi connectivity index (χ1n) is 9.78. The summed E-state index contributed by atoms with van der Waals surface area (Å²) in [5, 5.41) is 0.807. The quantitative estimate of drug-likeness (QED) is 0.665. The van der Waals surface area contributed by atoms with E-state index in [9.17, 15) is 0 Å². The molecule has 0 saturated carbocycles. The molecule has 4 nitrogen and oxygen atoms in total. The van der Waals surface area contributed by atoms with Crippen LogP contribution >= 0.6 is 11.6 Å². The van der Waals surface area contributed by atoms with Gasteiger partial charge < -0.3 is 4.90 Å². The van der Waals surface area contributed by atoms with Gasteiger partial charge in [0, 0.05) is 55.2 Å². The van der Waals surface area contributed by atoms with Crippen molar-refractivity contribution in [2.45, 2.75) is 24.9 Å². The Balaban J connectivity index is 1.38. The Morgan fingerprint density at radius 2 is 1.86 bits per heavy atom. The maximum atomic E-state index is 6.17. The molecule has 0 aliphatic carbocycles. The fraction of sp³-hybridized carbons (Fsp3) is 0.304. The lowest BCUT2D eigenvalue weighted by molar-refractivity contribution is 0.305. The summed E-state index contributed by atoms with van der Waals surface area (Å²) in [6.07, 6.45) is 6.87. The number of fused-ring (bicyclic) bond motifs is 2. The second-order valence-corrected chi connectivity index (χ2v) is 8.40. The van der Waals surface area contributed by atoms with Crippen molar-refractivity contribution in [3.63, 3.8) is 0 Å². The highest BCUT2D eigenvalue weighted by molar-refractivity contribution is 6.30. The van der Waals surface area contributed by atoms with Crippen LogP contribution in [0.2, 0.25) is 5.02 Å². The van der Waals surface area contributed by atoms with Crippen LogP contribution in [-0.4, -0.2) is 34.5 Å². The number of hydrogen-bond donors (Lipinski definition) is 0. The van der Waals surface area contributed by atoms with Crippen LogP contribution in [-0.2, 0) is 18.5 Å². The smallest absolute Gasteiger partial charge is 0.0729 e. The number of pyridine rings is 2. The topological polar surface area (TPSA) is 32.3 Å². The third kappa shape index (κ3) is 3.27. The minimum absolute atomic E-state index is 0.109. The Kier molecular flexibility index (Phi) is 4.53. The first kappa shape index (κ1) is 17.7. The molecule has 2 aromatic heterocycles. The SMILES string of the molecule is Clc1cccc(CN2CC[C@]3(C2)CN(Cc2cccnc2)c2cccnc23)c1. The Bertz CT molecular complexity index is 977. The Labute approximate surface area is 170 Å². The summed E-state index contributed by atoms with van der Waals surface area (Å²) in [4.78, 5) is 14.1. The highest BCUT2D eigenvalue weighted by atomic mass is 35.5. The third-order valence-corrected chi connectivity index (χ3v) is 6.18. The van der Waals surface area contributed by atoms with Gasteiger partial charge in [-0.1, -0.05) is 29.8 Å². The van der Waals surface area contributed by atoms with Crippen LogP contribution in [0, 0.1) is 0 Å². The van der Waals surface area contributed by atoms with Crippen molar-refractivity contribution in [1.82, 2.24) is 14.9 Å². The van der Waals surface area contributed by atoms with Crippen LogP contribution in [0.1, 0.15) is 23.2 Å². The van der Waals surface area contributed by atoms with E-state index in [0.29, 0.717) is 0 Å². The molecule has 1 fully saturated rings. The van der Waals surface area contributed by atoms with E-state index in [1.807, 2.05) is 42.9 Å². The molecule has 5 rings (SSSR count). The van der Waals surface area contributed by atoms with E-state index in [-0.39, 0.29) is 5.41 Å². The Morgan fingerprint density at radius 3 is 2.71 bits per heavy atom. The molecule has 0 amide bonds. The Hall–Kier alpha value is -2.43. The number of aromatic nitrogens is 2. The van der Waals surface area contributed by atoms with Crippen LogP contribution in [0.25, 0.3) is 0 Å². The summed E-state index contributed by atoms with van der Waals surface area (Å²) in [5.74, 6) is 0. The number of benzene rings is 1. The number of nitrogens with zero attached hydrogens (tertiary/aromatic N) is 4. The molecule has 0 unspecified atom stereocenters. The molecule has 0 N–H and O–H groups in total. The van der Waals surface area contributed by atoms with E-state index < -0.39 is 0 Å². The molecule has 1 atom stereocenters. The van der Waals surface area contributed by atoms with E-state index in [0.717, 1.165) is 44.2 Å². The van der Waals surface area contributed by atoms with Gasteiger partial charge in [0.05, 0.1) is 11.4 Å². The molecule has 1 aromatic carbocycles. The second-order valence-electron chi connectivity index (χ2n) is 7.96. The van der Waals surface area contributed by atoms with Crippen molar-refractivity contribution < 1.29 is 0 Å². The van der Waals surface area contributed by atoms with Crippen LogP contribution < -0.4 is 4.90 Å². The molecule has 1 spiro atoms. The van der Waals surface area contributed by atoms with Gasteiger partial charge in [-0.3, -0.25) is 14.9 Å². The zero-order chi connectivity index (χ0) is 19.0. The normalized spacial score (nSPS) is 21.4. The molecule has 1 saturated heterocycles. The van der Waals surface area contributed by atoms with Gasteiger partial charge in [-0.15, -0.1) is 0 Å². The standard InChI is InChI=1S/C23H23ClN4/c24-20-6-1-4-18(12-20)14-27-11-8-23(16-27)17-28(15-19-5-2-9-25-13-19)21-7-3-10-26-22(21)23/h1-7,9-10,12-13H,8,11,14-17H2/t23-/m0/s1. The van der Waals surface area contributed by atoms with E-state index >= 15 is 0 Å². The molecule has 4 heterocycles. The van der Waals surface area contributed by atoms with Gasteiger partial charge in [0.2, 0.25) is 0 Å². The van der Waals surface area contributed by atoms with E-state index in [4.69, 9.17) is 16.6 Å². The number of rotatable bonds is 4. The van der Waals surface area contributed by atoms with Gasteiger partial charge in [-0.05, 0) is 54.4 Å². The average Bonchev–Trinajstić information content (AvgIpc) is 3.25. The first-order valence-corrected chi connectivity index (χ1v) is 10.2. The molecule has 142 valence electrons. The molecule has 28 heavy (non-hydrogen) atoms. The second kappa shape index (κ2) is 7.19. The summed E-state index contributed by atoms with van der Waals surface area (Å²) < 4.78 is 0. The fourth-order valence-electron chi connectivity index (χ4n) is 4.75. The highest BCUT2D eigenvalue weighted by Crippen LogP contribution is 2.45. The Morgan fingerprint density at radius 1 is 0.964 bits per heavy atom. The molecule has 0 radical (unpaired) electrons. The van der Waals surface area contributed by atoms with Gasteiger partial charge in [0.1, 0.15) is 0 Å². The maximum Gasteiger partial charge on any atom is 0.0729 e. The number of likely N-dealkylation sites (tertiary alicyclic amines) is 1. The van der Waals surface area contributed by atoms with Gasteiger partial charge in [-0.25, -0.2) is 0 Å². The van der Waals surface area contributed by atoms with Gasteiger partial charge in [0.15, 0.2) is 0 Å². The predicted octanol–water partition coefficient (Wildman–Crippen LogP) is 4.29. The molecule has 2 aliphatic rings. The number of hydrogen-bond acceptors (Lipinski definition) is 4. The van der Waals surface area contributed by atoms with Crippen molar-refractivity contribution in [2.75, 3.05) is 24.5 Å². The largest absolute Gasteiger partial charge is 0.365 e. The molecular weight excluding hydrogens is 368 g/mol. The average molecular weight is 391 g/mol. The maximum absolute atomic E-state index is 6.17. The minimum atomic E-state index is 0.109. The van der Waals surface area contributed by atoms with Crippen molar-refractivity contribution in [3.8, 4) is 0 Å². The van der Waals surface area contributed by atoms with Crippen LogP contribution in [0.15, 0.2) is 67.1 Å². The molecule has 5 heteroatoms. The molecule has 0 bridgehead atoms. The highest BCUT2D eigenvalue weighted by Gasteiger charge is 2.48. The van der Waals surface area contributed by atoms with Gasteiger partial charge in [-0.2, -0.15) is 0 Å². The van der Waals surface area contributed by atoms with Crippen molar-refractivity contribution >= 4 is 17.3 Å². The molecular formula is C23H23ClN4. The van der Waals surface area contributed by atoms with Gasteiger partial charge in [0.25, 0.3) is 0 Å². The zero-order valence-electron chi connectivity index (χ0n) is 15.8. The molecule has 3 aromatic rings. The monoisotopic (exact) mass is 390 g/mol. The van der Waals surface area contributed by atoms with E-state index in [1.165, 1.54) is 22.5 Å². The summed E-state index contributed by atoms with van der Waals surface area (Å²) in [6, 6.07) is 16.6. The number of anilines is 1. The van der Waals surface area contributed by atoms with E-state index in [1.54, 1.807) is 0 Å². The lowest BCUT2D eigenvalue weighted by Crippen LogP contribution is -2.36. The summed E-state index contributed by atoms with van der Waals surface area (Å²) in [7, 11) is 0. The zero-order valence-corrected chi connectivity index (χ0v) is 16.5. The van der Waals surface area contributed by atoms with Crippen LogP contribution in [0.4, 0.5) is 5.69 Å². The lowest BCUT2D eigenvalue weighted by Gasteiger charge is -2.26. The molecule has 2 aliphatic heterocycles. The lowest BCUT2D eigenvalue weighted by atomic mass is 9.85. The summed E-state index contributed by atoms with van der Waals surface area (Å²) in [6.45, 7) is 4.95. The summed E-state index contributed by atoms with van der Waals surface area (Å²) >= 11 is 6.17. The van der Waals surface area contributed by atoms with Crippen LogP contribution in [0.3, 0.4) is 0 Å². The van der Waals surface area contributed by atoms with Crippen LogP contribution in [0.5, 0.6) is 0 Å². The predicted molar refractivity (Wildman–Crippen MR) is 113 cm³/mol. The number of halogens is 1. The van der Waals surface area contributed by atoms with Gasteiger partial charge >= 0.3 is 0 Å². The first-order chi connectivity index (χ1) is 13.7. The third-order valence-electron chi connectivity index (χ3n) is 5.95.